The number of carbonyl (C=O) groups is 1. The molecule has 4 rings (SSSR count). The largest absolute Gasteiger partial charge is 0.366 e. The van der Waals surface area contributed by atoms with Crippen LogP contribution in [-0.4, -0.2) is 16.4 Å². The Hall–Kier alpha value is -2.14. The molecule has 1 aliphatic carbocycles. The molecule has 24 heavy (non-hydrogen) atoms. The van der Waals surface area contributed by atoms with Gasteiger partial charge in [-0.1, -0.05) is 24.4 Å². The van der Waals surface area contributed by atoms with Crippen LogP contribution in [0.2, 0.25) is 5.02 Å². The van der Waals surface area contributed by atoms with Crippen molar-refractivity contribution in [3.8, 4) is 0 Å². The predicted octanol–water partition coefficient (Wildman–Crippen LogP) is 3.78. The molecule has 0 unspecified atom stereocenters. The number of rotatable bonds is 2. The van der Waals surface area contributed by atoms with Gasteiger partial charge in [0.05, 0.1) is 16.6 Å². The van der Waals surface area contributed by atoms with Crippen molar-refractivity contribution in [3.05, 3.63) is 62.7 Å². The number of fused-ring (bicyclic) bond motifs is 3. The van der Waals surface area contributed by atoms with Gasteiger partial charge in [0.25, 0.3) is 5.56 Å². The van der Waals surface area contributed by atoms with Gasteiger partial charge >= 0.3 is 0 Å². The number of nitrogens with zero attached hydrogens (tertiary/aromatic N) is 1. The van der Waals surface area contributed by atoms with Gasteiger partial charge < -0.3 is 5.32 Å². The van der Waals surface area contributed by atoms with E-state index in [0.29, 0.717) is 16.9 Å². The van der Waals surface area contributed by atoms with Gasteiger partial charge in [-0.05, 0) is 37.1 Å². The molecule has 2 aliphatic rings. The first-order valence-electron chi connectivity index (χ1n) is 8.08. The van der Waals surface area contributed by atoms with E-state index in [0.717, 1.165) is 25.7 Å². The third-order valence-electron chi connectivity index (χ3n) is 4.94. The van der Waals surface area contributed by atoms with Gasteiger partial charge in [-0.2, -0.15) is 0 Å². The molecule has 6 heteroatoms. The Kier molecular flexibility index (Phi) is 3.68. The molecule has 2 atom stereocenters. The number of nitrogens with one attached hydrogen (secondary N) is 1. The lowest BCUT2D eigenvalue weighted by Crippen LogP contribution is -2.29. The van der Waals surface area contributed by atoms with Crippen molar-refractivity contribution in [3.63, 3.8) is 0 Å². The van der Waals surface area contributed by atoms with Gasteiger partial charge in [-0.25, -0.2) is 4.39 Å². The average Bonchev–Trinajstić information content (AvgIpc) is 2.97. The van der Waals surface area contributed by atoms with Crippen LogP contribution in [0.25, 0.3) is 0 Å². The molecule has 1 aromatic carbocycles. The van der Waals surface area contributed by atoms with E-state index in [1.54, 1.807) is 4.57 Å². The second-order valence-electron chi connectivity index (χ2n) is 6.36. The number of benzene rings is 1. The highest BCUT2D eigenvalue weighted by Crippen LogP contribution is 2.38. The Labute approximate surface area is 143 Å². The monoisotopic (exact) mass is 346 g/mol. The summed E-state index contributed by atoms with van der Waals surface area (Å²) in [5.74, 6) is -0.261. The quantitative estimate of drug-likeness (QED) is 0.842. The van der Waals surface area contributed by atoms with Crippen LogP contribution < -0.4 is 10.9 Å². The molecule has 4 nitrogen and oxygen atoms in total. The summed E-state index contributed by atoms with van der Waals surface area (Å²) >= 11 is 5.79. The van der Waals surface area contributed by atoms with E-state index >= 15 is 0 Å². The molecule has 1 N–H and O–H groups in total. The number of aromatic nitrogens is 1. The molecule has 1 aromatic heterocycles. The fourth-order valence-electron chi connectivity index (χ4n) is 3.77. The van der Waals surface area contributed by atoms with Crippen LogP contribution in [0.5, 0.6) is 0 Å². The lowest BCUT2D eigenvalue weighted by Gasteiger charge is -2.25. The summed E-state index contributed by atoms with van der Waals surface area (Å²) in [7, 11) is 0. The lowest BCUT2D eigenvalue weighted by molar-refractivity contribution is 0.103. The highest BCUT2D eigenvalue weighted by molar-refractivity contribution is 6.31. The SMILES string of the molecule is O=C(c1ccc(F)c(Cl)c1)c1ccc(=O)n2c1N[C@@H]1CCCC[C@@H]12. The van der Waals surface area contributed by atoms with Crippen molar-refractivity contribution in [2.45, 2.75) is 37.8 Å². The van der Waals surface area contributed by atoms with Crippen molar-refractivity contribution < 1.29 is 9.18 Å². The van der Waals surface area contributed by atoms with Crippen LogP contribution in [0.3, 0.4) is 0 Å². The summed E-state index contributed by atoms with van der Waals surface area (Å²) < 4.78 is 15.0. The standard InChI is InChI=1S/C18H16ClFN2O2/c19-12-9-10(5-7-13(12)20)17(24)11-6-8-16(23)22-15-4-2-1-3-14(15)21-18(11)22/h5-9,14-15,21H,1-4H2/t14-,15+/m1/s1. The maximum absolute atomic E-state index is 13.3. The summed E-state index contributed by atoms with van der Waals surface area (Å²) in [6.07, 6.45) is 4.13. The van der Waals surface area contributed by atoms with E-state index in [2.05, 4.69) is 5.32 Å². The van der Waals surface area contributed by atoms with E-state index in [-0.39, 0.29) is 28.4 Å². The van der Waals surface area contributed by atoms with Crippen molar-refractivity contribution in [1.29, 1.82) is 0 Å². The molecule has 0 radical (unpaired) electrons. The minimum absolute atomic E-state index is 0.0905. The summed E-state index contributed by atoms with van der Waals surface area (Å²) in [6.45, 7) is 0. The van der Waals surface area contributed by atoms with Gasteiger partial charge in [0.15, 0.2) is 5.78 Å². The Morgan fingerprint density at radius 3 is 2.79 bits per heavy atom. The van der Waals surface area contributed by atoms with Crippen LogP contribution in [0.15, 0.2) is 35.1 Å². The van der Waals surface area contributed by atoms with Crippen LogP contribution in [0.4, 0.5) is 10.2 Å². The number of halogens is 2. The van der Waals surface area contributed by atoms with Gasteiger partial charge in [0, 0.05) is 17.7 Å². The van der Waals surface area contributed by atoms with Gasteiger partial charge in [0.1, 0.15) is 11.6 Å². The molecule has 0 spiro atoms. The number of carbonyl (C=O) groups excluding carboxylic acids is 1. The van der Waals surface area contributed by atoms with Crippen LogP contribution in [0.1, 0.15) is 47.6 Å². The zero-order chi connectivity index (χ0) is 16.8. The fraction of sp³-hybridized carbons (Fsp3) is 0.333. The van der Waals surface area contributed by atoms with E-state index < -0.39 is 5.82 Å². The van der Waals surface area contributed by atoms with E-state index in [9.17, 15) is 14.0 Å². The zero-order valence-corrected chi connectivity index (χ0v) is 13.6. The summed E-state index contributed by atoms with van der Waals surface area (Å²) in [4.78, 5) is 25.2. The first-order chi connectivity index (χ1) is 11.6. The zero-order valence-electron chi connectivity index (χ0n) is 12.9. The smallest absolute Gasteiger partial charge is 0.252 e. The minimum Gasteiger partial charge on any atom is -0.366 e. The molecule has 1 saturated carbocycles. The Balaban J connectivity index is 1.80. The molecular weight excluding hydrogens is 331 g/mol. The second-order valence-corrected chi connectivity index (χ2v) is 6.77. The highest BCUT2D eigenvalue weighted by Gasteiger charge is 2.36. The number of hydrogen-bond acceptors (Lipinski definition) is 3. The molecular formula is C18H16ClFN2O2. The Bertz CT molecular complexity index is 893. The fourth-order valence-corrected chi connectivity index (χ4v) is 3.95. The molecule has 0 amide bonds. The topological polar surface area (TPSA) is 51.1 Å². The molecule has 2 aromatic rings. The number of anilines is 1. The van der Waals surface area contributed by atoms with E-state index in [4.69, 9.17) is 11.6 Å². The predicted molar refractivity (Wildman–Crippen MR) is 90.5 cm³/mol. The third kappa shape index (κ3) is 2.35. The first kappa shape index (κ1) is 15.4. The Morgan fingerprint density at radius 1 is 1.21 bits per heavy atom. The molecule has 1 aliphatic heterocycles. The van der Waals surface area contributed by atoms with Crippen LogP contribution in [0, 0.1) is 5.82 Å². The molecule has 2 heterocycles. The van der Waals surface area contributed by atoms with Gasteiger partial charge in [-0.3, -0.25) is 14.2 Å². The van der Waals surface area contributed by atoms with Gasteiger partial charge in [0.2, 0.25) is 0 Å². The molecule has 124 valence electrons. The number of ketones is 1. The summed E-state index contributed by atoms with van der Waals surface area (Å²) in [5, 5.41) is 3.27. The van der Waals surface area contributed by atoms with Crippen molar-refractivity contribution in [2.75, 3.05) is 5.32 Å². The lowest BCUT2D eigenvalue weighted by atomic mass is 9.91. The van der Waals surface area contributed by atoms with Gasteiger partial charge in [-0.15, -0.1) is 0 Å². The second kappa shape index (κ2) is 5.74. The maximum atomic E-state index is 13.3. The highest BCUT2D eigenvalue weighted by atomic mass is 35.5. The maximum Gasteiger partial charge on any atom is 0.252 e. The van der Waals surface area contributed by atoms with E-state index in [1.165, 1.54) is 30.3 Å². The molecule has 0 bridgehead atoms. The summed E-state index contributed by atoms with van der Waals surface area (Å²) in [5.41, 5.74) is 0.631. The molecule has 1 fully saturated rings. The Morgan fingerprint density at radius 2 is 2.00 bits per heavy atom. The minimum atomic E-state index is -0.563. The van der Waals surface area contributed by atoms with Crippen molar-refractivity contribution >= 4 is 23.2 Å². The van der Waals surface area contributed by atoms with E-state index in [1.807, 2.05) is 0 Å². The molecule has 0 saturated heterocycles. The number of hydrogen-bond donors (Lipinski definition) is 1. The number of pyridine rings is 1. The normalized spacial score (nSPS) is 21.8. The summed E-state index contributed by atoms with van der Waals surface area (Å²) in [6, 6.07) is 7.18. The van der Waals surface area contributed by atoms with Crippen molar-refractivity contribution in [2.24, 2.45) is 0 Å². The average molecular weight is 347 g/mol. The van der Waals surface area contributed by atoms with Crippen LogP contribution in [-0.2, 0) is 0 Å². The van der Waals surface area contributed by atoms with Crippen molar-refractivity contribution in [1.82, 2.24) is 4.57 Å². The third-order valence-corrected chi connectivity index (χ3v) is 5.23. The van der Waals surface area contributed by atoms with Crippen LogP contribution >= 0.6 is 11.6 Å². The first-order valence-corrected chi connectivity index (χ1v) is 8.46.